The molecule has 0 heterocycles. The highest BCUT2D eigenvalue weighted by atomic mass is 16.4. The molecule has 6 heteroatoms. The molecular formula is C15H26N2O4. The van der Waals surface area contributed by atoms with Crippen molar-refractivity contribution >= 4 is 17.9 Å². The molecule has 3 N–H and O–H groups in total. The van der Waals surface area contributed by atoms with E-state index >= 15 is 0 Å². The third-order valence-corrected chi connectivity index (χ3v) is 4.15. The molecule has 1 fully saturated rings. The summed E-state index contributed by atoms with van der Waals surface area (Å²) < 4.78 is 0. The summed E-state index contributed by atoms with van der Waals surface area (Å²) in [5, 5.41) is 13.9. The summed E-state index contributed by atoms with van der Waals surface area (Å²) in [4.78, 5) is 34.4. The summed E-state index contributed by atoms with van der Waals surface area (Å²) in [6.07, 6.45) is 5.59. The summed E-state index contributed by atoms with van der Waals surface area (Å²) in [5.74, 6) is -1.18. The van der Waals surface area contributed by atoms with Crippen molar-refractivity contribution in [1.29, 1.82) is 0 Å². The van der Waals surface area contributed by atoms with Gasteiger partial charge in [0.1, 0.15) is 0 Å². The fraction of sp³-hybridized carbons (Fsp3) is 0.800. The monoisotopic (exact) mass is 298 g/mol. The first-order chi connectivity index (χ1) is 9.72. The molecule has 1 rings (SSSR count). The first-order valence-electron chi connectivity index (χ1n) is 7.56. The number of carbonyl (C=O) groups excluding carboxylic acids is 2. The van der Waals surface area contributed by atoms with Gasteiger partial charge in [-0.3, -0.25) is 14.9 Å². The van der Waals surface area contributed by atoms with Gasteiger partial charge >= 0.3 is 12.0 Å². The van der Waals surface area contributed by atoms with Crippen molar-refractivity contribution < 1.29 is 19.5 Å². The van der Waals surface area contributed by atoms with Crippen LogP contribution in [-0.2, 0) is 9.59 Å². The molecule has 0 radical (unpaired) electrons. The highest BCUT2D eigenvalue weighted by Crippen LogP contribution is 2.26. The molecule has 0 spiro atoms. The van der Waals surface area contributed by atoms with Crippen molar-refractivity contribution in [2.75, 3.05) is 0 Å². The Hall–Kier alpha value is -1.59. The first kappa shape index (κ1) is 17.5. The van der Waals surface area contributed by atoms with E-state index < -0.39 is 23.3 Å². The lowest BCUT2D eigenvalue weighted by Gasteiger charge is -2.28. The van der Waals surface area contributed by atoms with Crippen molar-refractivity contribution in [2.45, 2.75) is 65.3 Å². The van der Waals surface area contributed by atoms with Gasteiger partial charge in [-0.15, -0.1) is 0 Å². The molecular weight excluding hydrogens is 272 g/mol. The topological polar surface area (TPSA) is 95.5 Å². The van der Waals surface area contributed by atoms with Crippen LogP contribution in [0.3, 0.4) is 0 Å². The Bertz CT molecular complexity index is 400. The van der Waals surface area contributed by atoms with Gasteiger partial charge < -0.3 is 10.4 Å². The zero-order valence-corrected chi connectivity index (χ0v) is 13.1. The smallest absolute Gasteiger partial charge is 0.321 e. The lowest BCUT2D eigenvalue weighted by molar-refractivity contribution is -0.149. The Kier molecular flexibility index (Phi) is 6.18. The third-order valence-electron chi connectivity index (χ3n) is 4.15. The van der Waals surface area contributed by atoms with Crippen LogP contribution in [0.4, 0.5) is 4.79 Å². The first-order valence-corrected chi connectivity index (χ1v) is 7.56. The number of carboxylic acid groups (broad SMARTS) is 1. The van der Waals surface area contributed by atoms with Gasteiger partial charge in [0.05, 0.1) is 5.41 Å². The SMILES string of the molecule is CC(NC(=O)NC(=O)CC(C)(C)C(=O)O)C1CCCCC1. The lowest BCUT2D eigenvalue weighted by Crippen LogP contribution is -2.47. The minimum absolute atomic E-state index is 0.0191. The number of hydrogen-bond acceptors (Lipinski definition) is 3. The number of carboxylic acids is 1. The predicted octanol–water partition coefficient (Wildman–Crippen LogP) is 2.28. The van der Waals surface area contributed by atoms with Crippen molar-refractivity contribution in [3.05, 3.63) is 0 Å². The molecule has 1 aliphatic carbocycles. The Morgan fingerprint density at radius 2 is 1.76 bits per heavy atom. The van der Waals surface area contributed by atoms with Gasteiger partial charge in [0, 0.05) is 12.5 Å². The maximum atomic E-state index is 11.8. The van der Waals surface area contributed by atoms with Crippen LogP contribution in [0.25, 0.3) is 0 Å². The molecule has 120 valence electrons. The molecule has 21 heavy (non-hydrogen) atoms. The third kappa shape index (κ3) is 5.73. The Morgan fingerprint density at radius 1 is 1.19 bits per heavy atom. The van der Waals surface area contributed by atoms with Crippen LogP contribution in [0.2, 0.25) is 0 Å². The zero-order valence-electron chi connectivity index (χ0n) is 13.1. The predicted molar refractivity (Wildman–Crippen MR) is 78.7 cm³/mol. The fourth-order valence-electron chi connectivity index (χ4n) is 2.64. The van der Waals surface area contributed by atoms with Crippen LogP contribution in [0, 0.1) is 11.3 Å². The minimum atomic E-state index is -1.18. The Morgan fingerprint density at radius 3 is 2.29 bits per heavy atom. The summed E-state index contributed by atoms with van der Waals surface area (Å²) >= 11 is 0. The van der Waals surface area contributed by atoms with Gasteiger partial charge in [0.15, 0.2) is 0 Å². The standard InChI is InChI=1S/C15H26N2O4/c1-10(11-7-5-4-6-8-11)16-14(21)17-12(18)9-15(2,3)13(19)20/h10-11H,4-9H2,1-3H3,(H,19,20)(H2,16,17,18,21). The van der Waals surface area contributed by atoms with Crippen LogP contribution in [-0.4, -0.2) is 29.1 Å². The van der Waals surface area contributed by atoms with Crippen molar-refractivity contribution in [3.63, 3.8) is 0 Å². The molecule has 3 amide bonds. The van der Waals surface area contributed by atoms with E-state index in [4.69, 9.17) is 5.11 Å². The molecule has 0 aromatic rings. The molecule has 1 saturated carbocycles. The maximum Gasteiger partial charge on any atom is 0.321 e. The summed E-state index contributed by atoms with van der Waals surface area (Å²) in [7, 11) is 0. The maximum absolute atomic E-state index is 11.8. The molecule has 0 aromatic heterocycles. The quantitative estimate of drug-likeness (QED) is 0.725. The van der Waals surface area contributed by atoms with Gasteiger partial charge in [-0.05, 0) is 39.5 Å². The zero-order chi connectivity index (χ0) is 16.0. The van der Waals surface area contributed by atoms with Crippen LogP contribution >= 0.6 is 0 Å². The van der Waals surface area contributed by atoms with E-state index in [2.05, 4.69) is 10.6 Å². The van der Waals surface area contributed by atoms with E-state index in [-0.39, 0.29) is 12.5 Å². The van der Waals surface area contributed by atoms with Crippen LogP contribution in [0.15, 0.2) is 0 Å². The molecule has 0 bridgehead atoms. The van der Waals surface area contributed by atoms with Crippen LogP contribution in [0.5, 0.6) is 0 Å². The second kappa shape index (κ2) is 7.43. The largest absolute Gasteiger partial charge is 0.481 e. The Labute approximate surface area is 125 Å². The molecule has 6 nitrogen and oxygen atoms in total. The van der Waals surface area contributed by atoms with E-state index in [1.165, 1.54) is 33.1 Å². The molecule has 0 aliphatic heterocycles. The fourth-order valence-corrected chi connectivity index (χ4v) is 2.64. The van der Waals surface area contributed by atoms with E-state index in [9.17, 15) is 14.4 Å². The molecule has 0 saturated heterocycles. The number of hydrogen-bond donors (Lipinski definition) is 3. The molecule has 1 aliphatic rings. The van der Waals surface area contributed by atoms with Crippen LogP contribution < -0.4 is 10.6 Å². The minimum Gasteiger partial charge on any atom is -0.481 e. The molecule has 0 aromatic carbocycles. The summed E-state index contributed by atoms with van der Waals surface area (Å²) in [6, 6.07) is -0.523. The Balaban J connectivity index is 2.38. The van der Waals surface area contributed by atoms with E-state index in [0.29, 0.717) is 5.92 Å². The average molecular weight is 298 g/mol. The second-order valence-corrected chi connectivity index (χ2v) is 6.57. The highest BCUT2D eigenvalue weighted by Gasteiger charge is 2.31. The van der Waals surface area contributed by atoms with Gasteiger partial charge in [0.2, 0.25) is 5.91 Å². The van der Waals surface area contributed by atoms with Crippen molar-refractivity contribution in [1.82, 2.24) is 10.6 Å². The van der Waals surface area contributed by atoms with Gasteiger partial charge in [-0.2, -0.15) is 0 Å². The normalized spacial score (nSPS) is 17.9. The summed E-state index contributed by atoms with van der Waals surface area (Å²) in [6.45, 7) is 4.86. The van der Waals surface area contributed by atoms with Gasteiger partial charge in [0.25, 0.3) is 0 Å². The average Bonchev–Trinajstić information content (AvgIpc) is 2.38. The second-order valence-electron chi connectivity index (χ2n) is 6.57. The summed E-state index contributed by atoms with van der Waals surface area (Å²) in [5.41, 5.74) is -1.18. The molecule has 1 atom stereocenters. The number of nitrogens with one attached hydrogen (secondary N) is 2. The van der Waals surface area contributed by atoms with Crippen molar-refractivity contribution in [2.24, 2.45) is 11.3 Å². The number of rotatable bonds is 5. The molecule has 1 unspecified atom stereocenters. The van der Waals surface area contributed by atoms with Crippen molar-refractivity contribution in [3.8, 4) is 0 Å². The number of carbonyl (C=O) groups is 3. The number of imide groups is 1. The number of aliphatic carboxylic acids is 1. The van der Waals surface area contributed by atoms with Gasteiger partial charge in [-0.1, -0.05) is 19.3 Å². The highest BCUT2D eigenvalue weighted by molar-refractivity contribution is 5.96. The van der Waals surface area contributed by atoms with Gasteiger partial charge in [-0.25, -0.2) is 4.79 Å². The lowest BCUT2D eigenvalue weighted by atomic mass is 9.84. The number of urea groups is 1. The van der Waals surface area contributed by atoms with E-state index in [0.717, 1.165) is 12.8 Å². The van der Waals surface area contributed by atoms with E-state index in [1.807, 2.05) is 6.92 Å². The van der Waals surface area contributed by atoms with Crippen LogP contribution in [0.1, 0.15) is 59.3 Å². The number of amides is 3. The van der Waals surface area contributed by atoms with E-state index in [1.54, 1.807) is 0 Å².